The van der Waals surface area contributed by atoms with E-state index in [1.54, 1.807) is 7.11 Å². The normalized spacial score (nSPS) is 13.3. The molecule has 0 fully saturated rings. The van der Waals surface area contributed by atoms with Crippen molar-refractivity contribution >= 4 is 17.6 Å². The first kappa shape index (κ1) is 13.0. The summed E-state index contributed by atoms with van der Waals surface area (Å²) in [6, 6.07) is 3.48. The molecule has 5 nitrogen and oxygen atoms in total. The number of ether oxygens (including phenoxy) is 1. The largest absolute Gasteiger partial charge is 0.494 e. The third-order valence-electron chi connectivity index (χ3n) is 3.58. The van der Waals surface area contributed by atoms with Gasteiger partial charge in [0.15, 0.2) is 0 Å². The van der Waals surface area contributed by atoms with E-state index in [0.29, 0.717) is 16.5 Å². The Morgan fingerprint density at radius 1 is 1.45 bits per heavy atom. The van der Waals surface area contributed by atoms with Crippen LogP contribution in [0.1, 0.15) is 28.0 Å². The van der Waals surface area contributed by atoms with Gasteiger partial charge >= 0.3 is 5.97 Å². The van der Waals surface area contributed by atoms with Crippen LogP contribution in [0.15, 0.2) is 12.1 Å². The highest BCUT2D eigenvalue weighted by atomic mass is 35.5. The number of fused-ring (bicyclic) bond motifs is 1. The van der Waals surface area contributed by atoms with Crippen LogP contribution in [0, 0.1) is 0 Å². The summed E-state index contributed by atoms with van der Waals surface area (Å²) >= 11 is 6.40. The van der Waals surface area contributed by atoms with Crippen molar-refractivity contribution in [1.82, 2.24) is 10.2 Å². The van der Waals surface area contributed by atoms with Gasteiger partial charge in [-0.05, 0) is 42.5 Å². The molecule has 1 aliphatic carbocycles. The summed E-state index contributed by atoms with van der Waals surface area (Å²) in [5, 5.41) is 16.1. The molecule has 0 amide bonds. The molecular weight excluding hydrogens is 280 g/mol. The van der Waals surface area contributed by atoms with Gasteiger partial charge in [0.05, 0.1) is 17.8 Å². The second-order valence-electron chi connectivity index (χ2n) is 4.73. The summed E-state index contributed by atoms with van der Waals surface area (Å²) in [4.78, 5) is 10.9. The lowest BCUT2D eigenvalue weighted by atomic mass is 10.0. The summed E-state index contributed by atoms with van der Waals surface area (Å²) in [6.45, 7) is 0. The molecule has 1 aromatic carbocycles. The van der Waals surface area contributed by atoms with Gasteiger partial charge in [0, 0.05) is 5.56 Å². The second kappa shape index (κ2) is 4.83. The van der Waals surface area contributed by atoms with Crippen LogP contribution in [0.3, 0.4) is 0 Å². The Morgan fingerprint density at radius 3 is 2.90 bits per heavy atom. The number of rotatable bonds is 3. The Kier molecular flexibility index (Phi) is 3.14. The zero-order valence-electron chi connectivity index (χ0n) is 10.9. The number of aryl methyl sites for hydroxylation is 1. The van der Waals surface area contributed by atoms with Gasteiger partial charge in [-0.2, -0.15) is 5.10 Å². The first-order valence-electron chi connectivity index (χ1n) is 6.29. The molecular formula is C14H13ClN2O3. The Hall–Kier alpha value is -2.01. The number of aromatic carboxylic acids is 1. The Morgan fingerprint density at radius 2 is 2.25 bits per heavy atom. The van der Waals surface area contributed by atoms with Crippen LogP contribution < -0.4 is 4.74 Å². The summed E-state index contributed by atoms with van der Waals surface area (Å²) in [5.74, 6) is -0.495. The average Bonchev–Trinajstić information content (AvgIpc) is 3.07. The van der Waals surface area contributed by atoms with Crippen molar-refractivity contribution in [2.24, 2.45) is 0 Å². The van der Waals surface area contributed by atoms with Crippen LogP contribution >= 0.6 is 11.6 Å². The van der Waals surface area contributed by atoms with Crippen molar-refractivity contribution in [3.8, 4) is 17.0 Å². The smallest absolute Gasteiger partial charge is 0.353 e. The molecule has 0 radical (unpaired) electrons. The number of hydrogen-bond acceptors (Lipinski definition) is 3. The Balaban J connectivity index is 2.17. The number of hydrogen-bond donors (Lipinski definition) is 2. The summed E-state index contributed by atoms with van der Waals surface area (Å²) in [7, 11) is 1.55. The minimum Gasteiger partial charge on any atom is -0.494 e. The number of carbonyl (C=O) groups is 1. The molecule has 6 heteroatoms. The molecule has 2 aromatic rings. The van der Waals surface area contributed by atoms with E-state index in [9.17, 15) is 4.79 Å². The number of H-pyrrole nitrogens is 1. The predicted octanol–water partition coefficient (Wildman–Crippen LogP) is 2.93. The molecule has 1 aromatic heterocycles. The molecule has 0 unspecified atom stereocenters. The zero-order chi connectivity index (χ0) is 14.3. The highest BCUT2D eigenvalue weighted by Gasteiger charge is 2.23. The summed E-state index contributed by atoms with van der Waals surface area (Å²) in [6.07, 6.45) is 3.00. The number of aromatic nitrogens is 2. The van der Waals surface area contributed by atoms with Crippen LogP contribution in [-0.2, 0) is 12.8 Å². The predicted molar refractivity (Wildman–Crippen MR) is 74.6 cm³/mol. The third kappa shape index (κ3) is 1.94. The lowest BCUT2D eigenvalue weighted by Gasteiger charge is -2.12. The number of nitrogens with one attached hydrogen (secondary N) is 1. The molecule has 20 heavy (non-hydrogen) atoms. The molecule has 1 heterocycles. The summed E-state index contributed by atoms with van der Waals surface area (Å²) < 4.78 is 5.39. The summed E-state index contributed by atoms with van der Waals surface area (Å²) in [5.41, 5.74) is 3.60. The van der Waals surface area contributed by atoms with E-state index in [4.69, 9.17) is 21.4 Å². The fourth-order valence-corrected chi connectivity index (χ4v) is 3.03. The molecule has 0 aliphatic heterocycles. The lowest BCUT2D eigenvalue weighted by molar-refractivity contribution is 0.0690. The monoisotopic (exact) mass is 292 g/mol. The minimum atomic E-state index is -1.05. The van der Waals surface area contributed by atoms with Gasteiger partial charge in [-0.15, -0.1) is 0 Å². The minimum absolute atomic E-state index is 0.0404. The van der Waals surface area contributed by atoms with E-state index < -0.39 is 5.97 Å². The quantitative estimate of drug-likeness (QED) is 0.912. The van der Waals surface area contributed by atoms with Gasteiger partial charge in [0.2, 0.25) is 0 Å². The highest BCUT2D eigenvalue weighted by molar-refractivity contribution is 6.33. The van der Waals surface area contributed by atoms with Crippen molar-refractivity contribution in [1.29, 1.82) is 0 Å². The number of nitrogens with zero attached hydrogens (tertiary/aromatic N) is 1. The van der Waals surface area contributed by atoms with Crippen molar-refractivity contribution in [3.63, 3.8) is 0 Å². The van der Waals surface area contributed by atoms with Crippen molar-refractivity contribution in [3.05, 3.63) is 34.0 Å². The number of carboxylic acid groups (broad SMARTS) is 1. The fraction of sp³-hybridized carbons (Fsp3) is 0.286. The van der Waals surface area contributed by atoms with Crippen molar-refractivity contribution in [2.75, 3.05) is 7.11 Å². The molecule has 2 N–H and O–H groups in total. The van der Waals surface area contributed by atoms with E-state index >= 15 is 0 Å². The SMILES string of the molecule is COc1c(-c2cc(C(=O)O)[nH]n2)cc2c(c1Cl)CCC2. The van der Waals surface area contributed by atoms with Gasteiger partial charge in [0.1, 0.15) is 11.4 Å². The number of benzene rings is 1. The topological polar surface area (TPSA) is 75.2 Å². The molecule has 0 bridgehead atoms. The maximum absolute atomic E-state index is 10.9. The van der Waals surface area contributed by atoms with Crippen LogP contribution in [-0.4, -0.2) is 28.4 Å². The van der Waals surface area contributed by atoms with Crippen LogP contribution in [0.5, 0.6) is 5.75 Å². The van der Waals surface area contributed by atoms with E-state index in [-0.39, 0.29) is 5.69 Å². The lowest BCUT2D eigenvalue weighted by Crippen LogP contribution is -1.95. The first-order valence-corrected chi connectivity index (χ1v) is 6.67. The van der Waals surface area contributed by atoms with Crippen LogP contribution in [0.2, 0.25) is 5.02 Å². The van der Waals surface area contributed by atoms with Gasteiger partial charge < -0.3 is 9.84 Å². The molecule has 0 saturated carbocycles. The number of carboxylic acids is 1. The Labute approximate surface area is 120 Å². The molecule has 0 spiro atoms. The van der Waals surface area contributed by atoms with Gasteiger partial charge in [-0.3, -0.25) is 5.10 Å². The molecule has 0 atom stereocenters. The van der Waals surface area contributed by atoms with Crippen molar-refractivity contribution in [2.45, 2.75) is 19.3 Å². The standard InChI is InChI=1S/C14H13ClN2O3/c1-20-13-9(10-6-11(14(18)19)17-16-10)5-7-3-2-4-8(7)12(13)15/h5-6H,2-4H2,1H3,(H,16,17)(H,18,19). The number of aromatic amines is 1. The van der Waals surface area contributed by atoms with Crippen molar-refractivity contribution < 1.29 is 14.6 Å². The zero-order valence-corrected chi connectivity index (χ0v) is 11.6. The van der Waals surface area contributed by atoms with Gasteiger partial charge in [-0.1, -0.05) is 11.6 Å². The van der Waals surface area contributed by atoms with E-state index in [2.05, 4.69) is 10.2 Å². The van der Waals surface area contributed by atoms with Crippen LogP contribution in [0.25, 0.3) is 11.3 Å². The Bertz CT molecular complexity index is 694. The van der Waals surface area contributed by atoms with Gasteiger partial charge in [0.25, 0.3) is 0 Å². The van der Waals surface area contributed by atoms with Crippen LogP contribution in [0.4, 0.5) is 0 Å². The van der Waals surface area contributed by atoms with E-state index in [1.807, 2.05) is 6.07 Å². The molecule has 104 valence electrons. The second-order valence-corrected chi connectivity index (χ2v) is 5.11. The first-order chi connectivity index (χ1) is 9.61. The molecule has 0 saturated heterocycles. The number of methoxy groups -OCH3 is 1. The highest BCUT2D eigenvalue weighted by Crippen LogP contribution is 2.42. The van der Waals surface area contributed by atoms with Gasteiger partial charge in [-0.25, -0.2) is 4.79 Å². The molecule has 3 rings (SSSR count). The molecule has 1 aliphatic rings. The average molecular weight is 293 g/mol. The maximum Gasteiger partial charge on any atom is 0.353 e. The third-order valence-corrected chi connectivity index (χ3v) is 3.98. The fourth-order valence-electron chi connectivity index (χ4n) is 2.63. The number of halogens is 1. The maximum atomic E-state index is 10.9. The van der Waals surface area contributed by atoms with E-state index in [0.717, 1.165) is 30.4 Å². The van der Waals surface area contributed by atoms with E-state index in [1.165, 1.54) is 11.6 Å².